The lowest BCUT2D eigenvalue weighted by molar-refractivity contribution is -0.113. The summed E-state index contributed by atoms with van der Waals surface area (Å²) in [4.78, 5) is 18.2. The van der Waals surface area contributed by atoms with Gasteiger partial charge in [-0.1, -0.05) is 60.6 Å². The van der Waals surface area contributed by atoms with Crippen LogP contribution in [-0.4, -0.2) is 26.4 Å². The SMILES string of the molecule is CCSc1nc2n(n1)C(c1ccccc1Cl)C(C(=O)Nc1cccc(C)c1C)=C(C)N2. The average Bonchev–Trinajstić information content (AvgIpc) is 3.13. The van der Waals surface area contributed by atoms with Crippen molar-refractivity contribution in [2.75, 3.05) is 16.4 Å². The van der Waals surface area contributed by atoms with Crippen LogP contribution in [0.1, 0.15) is 36.6 Å². The topological polar surface area (TPSA) is 71.8 Å². The Morgan fingerprint density at radius 3 is 2.71 bits per heavy atom. The summed E-state index contributed by atoms with van der Waals surface area (Å²) in [5.74, 6) is 1.25. The fourth-order valence-electron chi connectivity index (χ4n) is 3.68. The number of nitrogens with zero attached hydrogens (tertiary/aromatic N) is 3. The summed E-state index contributed by atoms with van der Waals surface area (Å²) in [6, 6.07) is 12.9. The highest BCUT2D eigenvalue weighted by Gasteiger charge is 2.35. The molecule has 160 valence electrons. The monoisotopic (exact) mass is 453 g/mol. The van der Waals surface area contributed by atoms with Crippen molar-refractivity contribution in [3.05, 3.63) is 75.4 Å². The Bertz CT molecular complexity index is 1190. The van der Waals surface area contributed by atoms with Gasteiger partial charge in [0.25, 0.3) is 5.91 Å². The van der Waals surface area contributed by atoms with Gasteiger partial charge in [0.05, 0.1) is 5.57 Å². The van der Waals surface area contributed by atoms with Crippen LogP contribution in [0.2, 0.25) is 5.02 Å². The number of carbonyl (C=O) groups is 1. The molecule has 2 aromatic carbocycles. The van der Waals surface area contributed by atoms with Gasteiger partial charge in [-0.3, -0.25) is 4.79 Å². The second kappa shape index (κ2) is 8.77. The van der Waals surface area contributed by atoms with Crippen molar-refractivity contribution in [3.8, 4) is 0 Å². The van der Waals surface area contributed by atoms with Crippen molar-refractivity contribution in [2.45, 2.75) is 38.9 Å². The quantitative estimate of drug-likeness (QED) is 0.493. The highest BCUT2D eigenvalue weighted by atomic mass is 35.5. The first-order valence-electron chi connectivity index (χ1n) is 10.1. The summed E-state index contributed by atoms with van der Waals surface area (Å²) >= 11 is 8.13. The standard InChI is InChI=1S/C23H24ClN5OS/c1-5-31-23-27-22-25-15(4)19(21(30)26-18-12-8-9-13(2)14(18)3)20(29(22)28-23)16-10-6-7-11-17(16)24/h6-12,20H,5H2,1-4H3,(H,26,30)(H,25,27,28). The number of allylic oxidation sites excluding steroid dienone is 1. The van der Waals surface area contributed by atoms with E-state index in [1.54, 1.807) is 16.4 Å². The van der Waals surface area contributed by atoms with Crippen LogP contribution in [-0.2, 0) is 4.79 Å². The highest BCUT2D eigenvalue weighted by Crippen LogP contribution is 2.39. The zero-order valence-electron chi connectivity index (χ0n) is 17.9. The molecule has 3 aromatic rings. The average molecular weight is 454 g/mol. The van der Waals surface area contributed by atoms with E-state index in [1.165, 1.54) is 0 Å². The molecule has 2 N–H and O–H groups in total. The summed E-state index contributed by atoms with van der Waals surface area (Å²) in [6.07, 6.45) is 0. The largest absolute Gasteiger partial charge is 0.328 e. The van der Waals surface area contributed by atoms with E-state index in [2.05, 4.69) is 27.6 Å². The molecule has 0 fully saturated rings. The van der Waals surface area contributed by atoms with Crippen LogP contribution in [0.25, 0.3) is 0 Å². The van der Waals surface area contributed by atoms with Gasteiger partial charge >= 0.3 is 0 Å². The van der Waals surface area contributed by atoms with E-state index < -0.39 is 6.04 Å². The molecule has 0 radical (unpaired) electrons. The van der Waals surface area contributed by atoms with Crippen LogP contribution >= 0.6 is 23.4 Å². The van der Waals surface area contributed by atoms with Crippen LogP contribution in [0.4, 0.5) is 11.6 Å². The molecule has 1 aliphatic rings. The van der Waals surface area contributed by atoms with Gasteiger partial charge in [-0.2, -0.15) is 4.98 Å². The van der Waals surface area contributed by atoms with E-state index in [0.29, 0.717) is 21.7 Å². The number of nitrogens with one attached hydrogen (secondary N) is 2. The number of hydrogen-bond donors (Lipinski definition) is 2. The second-order valence-corrected chi connectivity index (χ2v) is 9.02. The molecule has 1 atom stereocenters. The molecule has 0 aliphatic carbocycles. The van der Waals surface area contributed by atoms with E-state index in [4.69, 9.17) is 11.6 Å². The summed E-state index contributed by atoms with van der Waals surface area (Å²) in [5, 5.41) is 12.3. The summed E-state index contributed by atoms with van der Waals surface area (Å²) in [6.45, 7) is 7.96. The maximum absolute atomic E-state index is 13.6. The second-order valence-electron chi connectivity index (χ2n) is 7.38. The van der Waals surface area contributed by atoms with Crippen LogP contribution in [0.5, 0.6) is 0 Å². The molecule has 1 aliphatic heterocycles. The fraction of sp³-hybridized carbons (Fsp3) is 0.261. The third kappa shape index (κ3) is 4.07. The number of halogens is 1. The molecule has 6 nitrogen and oxygen atoms in total. The molecular formula is C23H24ClN5OS. The first kappa shape index (κ1) is 21.5. The van der Waals surface area contributed by atoms with Gasteiger partial charge in [-0.25, -0.2) is 4.68 Å². The Balaban J connectivity index is 1.81. The lowest BCUT2D eigenvalue weighted by Crippen LogP contribution is -2.31. The zero-order chi connectivity index (χ0) is 22.1. The highest BCUT2D eigenvalue weighted by molar-refractivity contribution is 7.99. The van der Waals surface area contributed by atoms with Gasteiger partial charge in [0.1, 0.15) is 6.04 Å². The van der Waals surface area contributed by atoms with E-state index in [1.807, 2.05) is 63.2 Å². The Hall–Kier alpha value is -2.77. The Morgan fingerprint density at radius 2 is 1.97 bits per heavy atom. The maximum Gasteiger partial charge on any atom is 0.255 e. The van der Waals surface area contributed by atoms with Gasteiger partial charge in [0.15, 0.2) is 0 Å². The normalized spacial score (nSPS) is 15.5. The number of thioether (sulfide) groups is 1. The van der Waals surface area contributed by atoms with Crippen LogP contribution in [0.15, 0.2) is 58.9 Å². The molecule has 0 saturated heterocycles. The molecule has 1 unspecified atom stereocenters. The number of fused-ring (bicyclic) bond motifs is 1. The Morgan fingerprint density at radius 1 is 1.19 bits per heavy atom. The number of anilines is 2. The maximum atomic E-state index is 13.6. The van der Waals surface area contributed by atoms with Crippen LogP contribution in [0, 0.1) is 13.8 Å². The molecule has 0 bridgehead atoms. The Kier molecular flexibility index (Phi) is 6.07. The first-order valence-corrected chi connectivity index (χ1v) is 11.5. The van der Waals surface area contributed by atoms with Crippen molar-refractivity contribution in [1.29, 1.82) is 0 Å². The third-order valence-corrected chi connectivity index (χ3v) is 6.47. The molecule has 31 heavy (non-hydrogen) atoms. The van der Waals surface area contributed by atoms with Crippen molar-refractivity contribution in [1.82, 2.24) is 14.8 Å². The number of aryl methyl sites for hydroxylation is 1. The van der Waals surface area contributed by atoms with Gasteiger partial charge in [0.2, 0.25) is 11.1 Å². The van der Waals surface area contributed by atoms with Gasteiger partial charge < -0.3 is 10.6 Å². The van der Waals surface area contributed by atoms with Crippen molar-refractivity contribution in [2.24, 2.45) is 0 Å². The predicted octanol–water partition coefficient (Wildman–Crippen LogP) is 5.59. The number of carbonyl (C=O) groups excluding carboxylic acids is 1. The summed E-state index contributed by atoms with van der Waals surface area (Å²) in [7, 11) is 0. The minimum atomic E-state index is -0.492. The number of benzene rings is 2. The molecule has 1 aromatic heterocycles. The molecule has 1 amide bonds. The van der Waals surface area contributed by atoms with E-state index in [9.17, 15) is 4.79 Å². The number of amides is 1. The van der Waals surface area contributed by atoms with Crippen molar-refractivity contribution < 1.29 is 4.79 Å². The van der Waals surface area contributed by atoms with Crippen molar-refractivity contribution in [3.63, 3.8) is 0 Å². The number of hydrogen-bond acceptors (Lipinski definition) is 5. The summed E-state index contributed by atoms with van der Waals surface area (Å²) in [5.41, 5.74) is 5.02. The van der Waals surface area contributed by atoms with E-state index in [0.717, 1.165) is 33.8 Å². The van der Waals surface area contributed by atoms with Gasteiger partial charge in [-0.15, -0.1) is 5.10 Å². The molecule has 8 heteroatoms. The molecule has 0 spiro atoms. The molecule has 2 heterocycles. The minimum absolute atomic E-state index is 0.200. The smallest absolute Gasteiger partial charge is 0.255 e. The Labute approximate surface area is 191 Å². The van der Waals surface area contributed by atoms with Crippen LogP contribution < -0.4 is 10.6 Å². The molecule has 4 rings (SSSR count). The lowest BCUT2D eigenvalue weighted by Gasteiger charge is -2.29. The molecule has 0 saturated carbocycles. The third-order valence-electron chi connectivity index (χ3n) is 5.40. The van der Waals surface area contributed by atoms with E-state index >= 15 is 0 Å². The predicted molar refractivity (Wildman–Crippen MR) is 127 cm³/mol. The molecular weight excluding hydrogens is 430 g/mol. The minimum Gasteiger partial charge on any atom is -0.328 e. The summed E-state index contributed by atoms with van der Waals surface area (Å²) < 4.78 is 1.75. The van der Waals surface area contributed by atoms with E-state index in [-0.39, 0.29) is 5.91 Å². The first-order chi connectivity index (χ1) is 14.9. The van der Waals surface area contributed by atoms with Gasteiger partial charge in [-0.05, 0) is 49.8 Å². The fourth-order valence-corrected chi connectivity index (χ4v) is 4.47. The number of rotatable bonds is 5. The van der Waals surface area contributed by atoms with Gasteiger partial charge in [0, 0.05) is 22.0 Å². The van der Waals surface area contributed by atoms with Crippen molar-refractivity contribution >= 4 is 40.9 Å². The zero-order valence-corrected chi connectivity index (χ0v) is 19.4. The lowest BCUT2D eigenvalue weighted by atomic mass is 9.94. The number of aromatic nitrogens is 3. The van der Waals surface area contributed by atoms with Crippen LogP contribution in [0.3, 0.4) is 0 Å².